The third-order valence-electron chi connectivity index (χ3n) is 4.15. The molecule has 0 aliphatic carbocycles. The van der Waals surface area contributed by atoms with E-state index in [1.54, 1.807) is 12.3 Å². The maximum Gasteiger partial charge on any atom is 0.416 e. The summed E-state index contributed by atoms with van der Waals surface area (Å²) in [7, 11) is 0. The van der Waals surface area contributed by atoms with Crippen LogP contribution in [0, 0.1) is 6.92 Å². The first-order valence-corrected chi connectivity index (χ1v) is 7.95. The molecule has 0 bridgehead atoms. The highest BCUT2D eigenvalue weighted by Gasteiger charge is 2.30. The minimum atomic E-state index is -4.38. The number of aryl methyl sites for hydroxylation is 1. The zero-order valence-electron chi connectivity index (χ0n) is 13.8. The Morgan fingerprint density at radius 3 is 2.65 bits per heavy atom. The lowest BCUT2D eigenvalue weighted by Crippen LogP contribution is -2.04. The topological polar surface area (TPSA) is 43.9 Å². The second-order valence-corrected chi connectivity index (χ2v) is 6.08. The first-order chi connectivity index (χ1) is 12.4. The molecule has 3 heterocycles. The highest BCUT2D eigenvalue weighted by atomic mass is 19.4. The van der Waals surface area contributed by atoms with Gasteiger partial charge in [0.25, 0.3) is 0 Å². The number of alkyl halides is 3. The fourth-order valence-corrected chi connectivity index (χ4v) is 2.90. The van der Waals surface area contributed by atoms with Crippen LogP contribution in [0.3, 0.4) is 0 Å². The average molecular weight is 357 g/mol. The maximum atomic E-state index is 13.0. The fourth-order valence-electron chi connectivity index (χ4n) is 2.90. The van der Waals surface area contributed by atoms with Crippen molar-refractivity contribution >= 4 is 11.0 Å². The van der Waals surface area contributed by atoms with Gasteiger partial charge in [0.15, 0.2) is 0 Å². The second kappa shape index (κ2) is 6.01. The molecule has 0 radical (unpaired) electrons. The Bertz CT molecular complexity index is 1080. The molecular weight excluding hydrogens is 343 g/mol. The van der Waals surface area contributed by atoms with E-state index in [1.807, 2.05) is 35.9 Å². The van der Waals surface area contributed by atoms with E-state index in [2.05, 4.69) is 10.1 Å². The molecule has 0 saturated heterocycles. The van der Waals surface area contributed by atoms with Crippen molar-refractivity contribution in [3.63, 3.8) is 0 Å². The van der Waals surface area contributed by atoms with Crippen LogP contribution in [-0.4, -0.2) is 14.7 Å². The van der Waals surface area contributed by atoms with E-state index >= 15 is 0 Å². The van der Waals surface area contributed by atoms with Gasteiger partial charge in [-0.1, -0.05) is 17.3 Å². The van der Waals surface area contributed by atoms with E-state index in [9.17, 15) is 13.2 Å². The van der Waals surface area contributed by atoms with Gasteiger partial charge in [0, 0.05) is 24.0 Å². The molecule has 4 aromatic rings. The fraction of sp³-hybridized carbons (Fsp3) is 0.158. The van der Waals surface area contributed by atoms with Crippen LogP contribution in [0.2, 0.25) is 0 Å². The molecule has 0 aliphatic heterocycles. The maximum absolute atomic E-state index is 13.0. The van der Waals surface area contributed by atoms with E-state index in [0.29, 0.717) is 17.7 Å². The van der Waals surface area contributed by atoms with Gasteiger partial charge in [-0.15, -0.1) is 0 Å². The van der Waals surface area contributed by atoms with Crippen molar-refractivity contribution in [2.75, 3.05) is 0 Å². The Labute approximate surface area is 146 Å². The molecule has 0 saturated carbocycles. The molecule has 0 atom stereocenters. The van der Waals surface area contributed by atoms with Crippen LogP contribution in [-0.2, 0) is 12.7 Å². The van der Waals surface area contributed by atoms with Gasteiger partial charge < -0.3 is 9.09 Å². The van der Waals surface area contributed by atoms with Crippen molar-refractivity contribution < 1.29 is 17.7 Å². The number of pyridine rings is 1. The molecule has 4 nitrogen and oxygen atoms in total. The summed E-state index contributed by atoms with van der Waals surface area (Å²) in [6.45, 7) is 2.31. The van der Waals surface area contributed by atoms with E-state index in [1.165, 1.54) is 6.07 Å². The van der Waals surface area contributed by atoms with Crippen LogP contribution in [0.1, 0.15) is 17.0 Å². The molecule has 132 valence electrons. The number of fused-ring (bicyclic) bond motifs is 1. The molecule has 0 N–H and O–H groups in total. The summed E-state index contributed by atoms with van der Waals surface area (Å²) >= 11 is 0. The van der Waals surface area contributed by atoms with Crippen molar-refractivity contribution in [3.05, 3.63) is 71.9 Å². The highest BCUT2D eigenvalue weighted by molar-refractivity contribution is 5.81. The third-order valence-corrected chi connectivity index (χ3v) is 4.15. The molecule has 0 spiro atoms. The zero-order valence-corrected chi connectivity index (χ0v) is 13.8. The van der Waals surface area contributed by atoms with Crippen LogP contribution in [0.15, 0.2) is 59.4 Å². The number of aromatic nitrogens is 3. The number of hydrogen-bond donors (Lipinski definition) is 0. The molecule has 26 heavy (non-hydrogen) atoms. The first kappa shape index (κ1) is 16.4. The SMILES string of the molecule is Cc1cc(Cn2ccc3ncc(-c4cccc(C(F)(F)F)c4)cc32)no1. The summed E-state index contributed by atoms with van der Waals surface area (Å²) in [5, 5.41) is 3.98. The summed E-state index contributed by atoms with van der Waals surface area (Å²) in [5.41, 5.74) is 2.77. The van der Waals surface area contributed by atoms with Crippen molar-refractivity contribution in [2.45, 2.75) is 19.6 Å². The Morgan fingerprint density at radius 1 is 1.08 bits per heavy atom. The average Bonchev–Trinajstić information content (AvgIpc) is 3.20. The van der Waals surface area contributed by atoms with Gasteiger partial charge in [0.2, 0.25) is 0 Å². The summed E-state index contributed by atoms with van der Waals surface area (Å²) in [4.78, 5) is 4.37. The molecule has 0 fully saturated rings. The van der Waals surface area contributed by atoms with E-state index in [-0.39, 0.29) is 0 Å². The van der Waals surface area contributed by atoms with Crippen molar-refractivity contribution in [2.24, 2.45) is 0 Å². The van der Waals surface area contributed by atoms with E-state index < -0.39 is 11.7 Å². The lowest BCUT2D eigenvalue weighted by atomic mass is 10.0. The van der Waals surface area contributed by atoms with Crippen molar-refractivity contribution in [1.29, 1.82) is 0 Å². The second-order valence-electron chi connectivity index (χ2n) is 6.08. The van der Waals surface area contributed by atoms with Gasteiger partial charge in [-0.2, -0.15) is 13.2 Å². The zero-order chi connectivity index (χ0) is 18.3. The number of nitrogens with zero attached hydrogens (tertiary/aromatic N) is 3. The van der Waals surface area contributed by atoms with E-state index in [4.69, 9.17) is 4.52 Å². The lowest BCUT2D eigenvalue weighted by molar-refractivity contribution is -0.137. The number of benzene rings is 1. The standard InChI is InChI=1S/C19H14F3N3O/c1-12-7-16(24-26-12)11-25-6-5-17-18(25)9-14(10-23-17)13-3-2-4-15(8-13)19(20,21)22/h2-10H,11H2,1H3. The number of hydrogen-bond acceptors (Lipinski definition) is 3. The normalized spacial score (nSPS) is 12.0. The van der Waals surface area contributed by atoms with Crippen LogP contribution in [0.25, 0.3) is 22.2 Å². The number of halogens is 3. The number of rotatable bonds is 3. The van der Waals surface area contributed by atoms with Crippen molar-refractivity contribution in [1.82, 2.24) is 14.7 Å². The van der Waals surface area contributed by atoms with Crippen LogP contribution >= 0.6 is 0 Å². The van der Waals surface area contributed by atoms with Crippen molar-refractivity contribution in [3.8, 4) is 11.1 Å². The predicted octanol–water partition coefficient (Wildman–Crippen LogP) is 5.07. The minimum absolute atomic E-state index is 0.472. The quantitative estimate of drug-likeness (QED) is 0.514. The predicted molar refractivity (Wildman–Crippen MR) is 90.5 cm³/mol. The summed E-state index contributed by atoms with van der Waals surface area (Å²) in [6.07, 6.45) is -0.918. The Morgan fingerprint density at radius 2 is 1.92 bits per heavy atom. The Balaban J connectivity index is 1.74. The molecule has 4 rings (SSSR count). The van der Waals surface area contributed by atoms with Crippen LogP contribution in [0.4, 0.5) is 13.2 Å². The van der Waals surface area contributed by atoms with Gasteiger partial charge in [-0.05, 0) is 36.8 Å². The molecule has 0 unspecified atom stereocenters. The molecule has 0 aliphatic rings. The van der Waals surface area contributed by atoms with Gasteiger partial charge in [0.05, 0.1) is 23.1 Å². The summed E-state index contributed by atoms with van der Waals surface area (Å²) < 4.78 is 45.9. The molecule has 1 aromatic carbocycles. The largest absolute Gasteiger partial charge is 0.416 e. The monoisotopic (exact) mass is 357 g/mol. The van der Waals surface area contributed by atoms with Crippen LogP contribution < -0.4 is 0 Å². The van der Waals surface area contributed by atoms with Gasteiger partial charge in [-0.3, -0.25) is 4.98 Å². The summed E-state index contributed by atoms with van der Waals surface area (Å²) in [5.74, 6) is 0.722. The smallest absolute Gasteiger partial charge is 0.361 e. The summed E-state index contributed by atoms with van der Waals surface area (Å²) in [6, 6.07) is 10.8. The first-order valence-electron chi connectivity index (χ1n) is 7.95. The molecular formula is C19H14F3N3O. The Kier molecular flexibility index (Phi) is 3.79. The van der Waals surface area contributed by atoms with Crippen LogP contribution in [0.5, 0.6) is 0 Å². The Hall–Kier alpha value is -3.09. The third kappa shape index (κ3) is 3.08. The molecule has 3 aromatic heterocycles. The minimum Gasteiger partial charge on any atom is -0.361 e. The highest BCUT2D eigenvalue weighted by Crippen LogP contribution is 2.32. The lowest BCUT2D eigenvalue weighted by Gasteiger charge is -2.09. The molecule has 0 amide bonds. The van der Waals surface area contributed by atoms with Gasteiger partial charge >= 0.3 is 6.18 Å². The van der Waals surface area contributed by atoms with Gasteiger partial charge in [0.1, 0.15) is 11.5 Å². The molecule has 7 heteroatoms. The van der Waals surface area contributed by atoms with Gasteiger partial charge in [-0.25, -0.2) is 0 Å². The van der Waals surface area contributed by atoms with E-state index in [0.717, 1.165) is 34.6 Å².